The summed E-state index contributed by atoms with van der Waals surface area (Å²) >= 11 is 0. The number of anilines is 1. The molecule has 0 bridgehead atoms. The van der Waals surface area contributed by atoms with Crippen molar-refractivity contribution in [3.05, 3.63) is 54.1 Å². The van der Waals surface area contributed by atoms with Crippen LogP contribution in [0.2, 0.25) is 0 Å². The number of fused-ring (bicyclic) bond motifs is 1. The van der Waals surface area contributed by atoms with Gasteiger partial charge in [-0.3, -0.25) is 4.79 Å². The van der Waals surface area contributed by atoms with E-state index in [2.05, 4.69) is 4.72 Å². The Kier molecular flexibility index (Phi) is 5.58. The number of carbonyl (C=O) groups excluding carboxylic acids is 1. The van der Waals surface area contributed by atoms with Gasteiger partial charge in [-0.15, -0.1) is 0 Å². The maximum Gasteiger partial charge on any atom is 0.242 e. The number of nitrogens with zero attached hydrogens (tertiary/aromatic N) is 1. The molecule has 1 N–H and O–H groups in total. The molecule has 1 aliphatic heterocycles. The van der Waals surface area contributed by atoms with Crippen LogP contribution in [0, 0.1) is 0 Å². The normalized spacial score (nSPS) is 14.0. The number of nitrogens with one attached hydrogen (secondary N) is 1. The van der Waals surface area contributed by atoms with Crippen molar-refractivity contribution < 1.29 is 17.9 Å². The van der Waals surface area contributed by atoms with Crippen LogP contribution in [0.3, 0.4) is 0 Å². The SMILES string of the molecule is CCOc1ccc(S(=O)(=O)NCC(=O)N2CCCc3ccccc32)cc1. The smallest absolute Gasteiger partial charge is 0.242 e. The zero-order valence-electron chi connectivity index (χ0n) is 14.6. The van der Waals surface area contributed by atoms with Crippen molar-refractivity contribution in [2.75, 3.05) is 24.6 Å². The minimum atomic E-state index is -3.76. The summed E-state index contributed by atoms with van der Waals surface area (Å²) in [6, 6.07) is 13.9. The summed E-state index contributed by atoms with van der Waals surface area (Å²) in [4.78, 5) is 14.3. The monoisotopic (exact) mass is 374 g/mol. The first-order chi connectivity index (χ1) is 12.5. The number of amides is 1. The van der Waals surface area contributed by atoms with Crippen LogP contribution in [0.4, 0.5) is 5.69 Å². The molecule has 0 atom stereocenters. The number of aryl methyl sites for hydroxylation is 1. The largest absolute Gasteiger partial charge is 0.494 e. The maximum absolute atomic E-state index is 12.6. The second-order valence-corrected chi connectivity index (χ2v) is 7.77. The van der Waals surface area contributed by atoms with E-state index in [1.54, 1.807) is 17.0 Å². The third-order valence-corrected chi connectivity index (χ3v) is 5.69. The van der Waals surface area contributed by atoms with Crippen LogP contribution in [-0.4, -0.2) is 34.0 Å². The summed E-state index contributed by atoms with van der Waals surface area (Å²) in [5.74, 6) is 0.346. The Balaban J connectivity index is 1.67. The van der Waals surface area contributed by atoms with Gasteiger partial charge in [-0.25, -0.2) is 13.1 Å². The van der Waals surface area contributed by atoms with Crippen molar-refractivity contribution >= 4 is 21.6 Å². The average Bonchev–Trinajstić information content (AvgIpc) is 2.66. The van der Waals surface area contributed by atoms with Gasteiger partial charge in [0.1, 0.15) is 5.75 Å². The van der Waals surface area contributed by atoms with E-state index in [-0.39, 0.29) is 17.3 Å². The van der Waals surface area contributed by atoms with Gasteiger partial charge in [-0.1, -0.05) is 18.2 Å². The van der Waals surface area contributed by atoms with Gasteiger partial charge in [-0.05, 0) is 55.7 Å². The number of ether oxygens (including phenoxy) is 1. The highest BCUT2D eigenvalue weighted by Crippen LogP contribution is 2.26. The lowest BCUT2D eigenvalue weighted by Crippen LogP contribution is -2.42. The molecule has 6 nitrogen and oxygen atoms in total. The Labute approximate surface area is 153 Å². The Bertz CT molecular complexity index is 879. The summed E-state index contributed by atoms with van der Waals surface area (Å²) in [6.45, 7) is 2.69. The molecule has 0 unspecified atom stereocenters. The molecule has 0 radical (unpaired) electrons. The number of sulfonamides is 1. The summed E-state index contributed by atoms with van der Waals surface area (Å²) in [5, 5.41) is 0. The summed E-state index contributed by atoms with van der Waals surface area (Å²) in [6.07, 6.45) is 1.80. The Hall–Kier alpha value is -2.38. The van der Waals surface area contributed by atoms with Crippen LogP contribution in [0.25, 0.3) is 0 Å². The van der Waals surface area contributed by atoms with Gasteiger partial charge in [-0.2, -0.15) is 0 Å². The van der Waals surface area contributed by atoms with Gasteiger partial charge in [0.2, 0.25) is 15.9 Å². The fourth-order valence-corrected chi connectivity index (χ4v) is 3.98. The number of rotatable bonds is 6. The molecule has 0 spiro atoms. The molecule has 1 heterocycles. The van der Waals surface area contributed by atoms with E-state index in [0.717, 1.165) is 24.1 Å². The molecule has 2 aromatic rings. The third-order valence-electron chi connectivity index (χ3n) is 4.27. The molecule has 0 aliphatic carbocycles. The van der Waals surface area contributed by atoms with Crippen LogP contribution < -0.4 is 14.4 Å². The molecule has 1 amide bonds. The number of para-hydroxylation sites is 1. The van der Waals surface area contributed by atoms with Gasteiger partial charge in [0.15, 0.2) is 0 Å². The predicted octanol–water partition coefficient (Wildman–Crippen LogP) is 2.34. The summed E-state index contributed by atoms with van der Waals surface area (Å²) in [7, 11) is -3.76. The van der Waals surface area contributed by atoms with E-state index >= 15 is 0 Å². The maximum atomic E-state index is 12.6. The zero-order chi connectivity index (χ0) is 18.6. The fourth-order valence-electron chi connectivity index (χ4n) is 3.01. The second kappa shape index (κ2) is 7.88. The van der Waals surface area contributed by atoms with E-state index in [9.17, 15) is 13.2 Å². The van der Waals surface area contributed by atoms with Gasteiger partial charge in [0.05, 0.1) is 18.0 Å². The molecule has 3 rings (SSSR count). The molecule has 0 saturated heterocycles. The lowest BCUT2D eigenvalue weighted by molar-refractivity contribution is -0.117. The highest BCUT2D eigenvalue weighted by atomic mass is 32.2. The molecule has 1 aliphatic rings. The lowest BCUT2D eigenvalue weighted by atomic mass is 10.0. The molecule has 0 aromatic heterocycles. The summed E-state index contributed by atoms with van der Waals surface area (Å²) in [5.41, 5.74) is 1.98. The van der Waals surface area contributed by atoms with Crippen molar-refractivity contribution in [2.45, 2.75) is 24.7 Å². The standard InChI is InChI=1S/C19H22N2O4S/c1-2-25-16-9-11-17(12-10-16)26(23,24)20-14-19(22)21-13-5-7-15-6-3-4-8-18(15)21/h3-4,6,8-12,20H,2,5,7,13-14H2,1H3. The minimum Gasteiger partial charge on any atom is -0.494 e. The quantitative estimate of drug-likeness (QED) is 0.842. The van der Waals surface area contributed by atoms with Crippen LogP contribution >= 0.6 is 0 Å². The van der Waals surface area contributed by atoms with Crippen molar-refractivity contribution in [1.82, 2.24) is 4.72 Å². The third kappa shape index (κ3) is 4.05. The first-order valence-electron chi connectivity index (χ1n) is 8.62. The van der Waals surface area contributed by atoms with Crippen LogP contribution in [0.5, 0.6) is 5.75 Å². The van der Waals surface area contributed by atoms with Gasteiger partial charge in [0, 0.05) is 12.2 Å². The molecular weight excluding hydrogens is 352 g/mol. The molecular formula is C19H22N2O4S. The fraction of sp³-hybridized carbons (Fsp3) is 0.316. The zero-order valence-corrected chi connectivity index (χ0v) is 15.5. The number of hydrogen-bond donors (Lipinski definition) is 1. The second-order valence-electron chi connectivity index (χ2n) is 6.01. The molecule has 2 aromatic carbocycles. The van der Waals surface area contributed by atoms with E-state index in [1.807, 2.05) is 31.2 Å². The molecule has 0 fully saturated rings. The Morgan fingerprint density at radius 2 is 1.88 bits per heavy atom. The number of carbonyl (C=O) groups is 1. The topological polar surface area (TPSA) is 75.7 Å². The minimum absolute atomic E-state index is 0.104. The number of benzene rings is 2. The lowest BCUT2D eigenvalue weighted by Gasteiger charge is -2.29. The van der Waals surface area contributed by atoms with Crippen molar-refractivity contribution in [3.63, 3.8) is 0 Å². The van der Waals surface area contributed by atoms with E-state index < -0.39 is 10.0 Å². The van der Waals surface area contributed by atoms with Crippen LogP contribution in [0.15, 0.2) is 53.4 Å². The van der Waals surface area contributed by atoms with Crippen molar-refractivity contribution in [2.24, 2.45) is 0 Å². The molecule has 26 heavy (non-hydrogen) atoms. The molecule has 0 saturated carbocycles. The Morgan fingerprint density at radius 1 is 1.15 bits per heavy atom. The van der Waals surface area contributed by atoms with Gasteiger partial charge < -0.3 is 9.64 Å². The van der Waals surface area contributed by atoms with E-state index in [1.165, 1.54) is 12.1 Å². The average molecular weight is 374 g/mol. The van der Waals surface area contributed by atoms with Crippen molar-refractivity contribution in [1.29, 1.82) is 0 Å². The first-order valence-corrected chi connectivity index (χ1v) is 10.1. The molecule has 7 heteroatoms. The van der Waals surface area contributed by atoms with Crippen LogP contribution in [-0.2, 0) is 21.2 Å². The van der Waals surface area contributed by atoms with Gasteiger partial charge >= 0.3 is 0 Å². The highest BCUT2D eigenvalue weighted by Gasteiger charge is 2.24. The Morgan fingerprint density at radius 3 is 2.62 bits per heavy atom. The summed E-state index contributed by atoms with van der Waals surface area (Å²) < 4.78 is 32.5. The molecule has 138 valence electrons. The first kappa shape index (κ1) is 18.4. The number of hydrogen-bond acceptors (Lipinski definition) is 4. The highest BCUT2D eigenvalue weighted by molar-refractivity contribution is 7.89. The van der Waals surface area contributed by atoms with E-state index in [4.69, 9.17) is 4.74 Å². The van der Waals surface area contributed by atoms with Crippen LogP contribution in [0.1, 0.15) is 18.9 Å². The van der Waals surface area contributed by atoms with E-state index in [0.29, 0.717) is 18.9 Å². The van der Waals surface area contributed by atoms with Crippen molar-refractivity contribution in [3.8, 4) is 5.75 Å². The predicted molar refractivity (Wildman–Crippen MR) is 99.9 cm³/mol. The van der Waals surface area contributed by atoms with Gasteiger partial charge in [0.25, 0.3) is 0 Å².